The summed E-state index contributed by atoms with van der Waals surface area (Å²) >= 11 is -1.68. The van der Waals surface area contributed by atoms with Gasteiger partial charge >= 0.3 is 75.7 Å². The standard InChI is InChI=1S/C7H11.3CH3.Sn/c1-4-5-6-7(2)3;;;;/h4,7H,1-3H3;3*1H3;. The van der Waals surface area contributed by atoms with Crippen LogP contribution in [0.3, 0.4) is 0 Å². The molecule has 0 saturated carbocycles. The van der Waals surface area contributed by atoms with E-state index >= 15 is 0 Å². The molecule has 0 rings (SSSR count). The molecule has 1 atom stereocenters. The van der Waals surface area contributed by atoms with Gasteiger partial charge in [0.05, 0.1) is 0 Å². The van der Waals surface area contributed by atoms with Gasteiger partial charge in [-0.25, -0.2) is 0 Å². The van der Waals surface area contributed by atoms with Crippen LogP contribution >= 0.6 is 0 Å². The van der Waals surface area contributed by atoms with Crippen molar-refractivity contribution in [3.05, 3.63) is 0 Å². The predicted molar refractivity (Wildman–Crippen MR) is 55.4 cm³/mol. The van der Waals surface area contributed by atoms with Crippen molar-refractivity contribution in [3.63, 3.8) is 0 Å². The third-order valence-corrected chi connectivity index (χ3v) is 9.71. The molecular formula is C10H20Sn. The van der Waals surface area contributed by atoms with Crippen LogP contribution < -0.4 is 0 Å². The van der Waals surface area contributed by atoms with Crippen LogP contribution in [-0.4, -0.2) is 18.4 Å². The summed E-state index contributed by atoms with van der Waals surface area (Å²) in [5.74, 6) is 7.15. The Kier molecular flexibility index (Phi) is 4.54. The molecule has 64 valence electrons. The molecule has 0 saturated heterocycles. The van der Waals surface area contributed by atoms with Crippen molar-refractivity contribution in [1.29, 1.82) is 0 Å². The second kappa shape index (κ2) is 4.40. The van der Waals surface area contributed by atoms with Crippen molar-refractivity contribution in [1.82, 2.24) is 0 Å². The molecule has 11 heavy (non-hydrogen) atoms. The predicted octanol–water partition coefficient (Wildman–Crippen LogP) is 3.37. The van der Waals surface area contributed by atoms with Gasteiger partial charge in [-0.3, -0.25) is 0 Å². The summed E-state index contributed by atoms with van der Waals surface area (Å²) in [5, 5.41) is 0. The van der Waals surface area contributed by atoms with Crippen molar-refractivity contribution < 1.29 is 0 Å². The third kappa shape index (κ3) is 5.61. The summed E-state index contributed by atoms with van der Waals surface area (Å²) in [6, 6.07) is 0. The maximum absolute atomic E-state index is 3.37. The Morgan fingerprint density at radius 2 is 1.36 bits per heavy atom. The summed E-state index contributed by atoms with van der Waals surface area (Å²) in [4.78, 5) is 7.32. The van der Waals surface area contributed by atoms with Crippen LogP contribution in [0, 0.1) is 17.8 Å². The maximum atomic E-state index is 3.37. The average Bonchev–Trinajstić information content (AvgIpc) is 1.80. The van der Waals surface area contributed by atoms with Crippen molar-refractivity contribution in [3.8, 4) is 11.8 Å². The van der Waals surface area contributed by atoms with Crippen LogP contribution in [0.1, 0.15) is 20.8 Å². The fourth-order valence-corrected chi connectivity index (χ4v) is 1.98. The molecule has 0 aliphatic heterocycles. The van der Waals surface area contributed by atoms with Crippen molar-refractivity contribution in [2.45, 2.75) is 39.5 Å². The molecule has 1 heteroatoms. The normalized spacial score (nSPS) is 14.1. The average molecular weight is 259 g/mol. The second-order valence-electron chi connectivity index (χ2n) is 4.53. The first-order chi connectivity index (χ1) is 4.84. The Morgan fingerprint density at radius 3 is 1.64 bits per heavy atom. The van der Waals surface area contributed by atoms with Crippen LogP contribution in [0.2, 0.25) is 18.8 Å². The van der Waals surface area contributed by atoms with E-state index in [2.05, 4.69) is 47.4 Å². The molecule has 1 unspecified atom stereocenters. The topological polar surface area (TPSA) is 0 Å². The van der Waals surface area contributed by atoms with Gasteiger partial charge in [0.15, 0.2) is 0 Å². The Labute approximate surface area is 75.6 Å². The van der Waals surface area contributed by atoms with Gasteiger partial charge in [-0.15, -0.1) is 0 Å². The van der Waals surface area contributed by atoms with E-state index in [9.17, 15) is 0 Å². The fourth-order valence-electron chi connectivity index (χ4n) is 0.508. The molecule has 0 amide bonds. The number of hydrogen-bond donors (Lipinski definition) is 0. The van der Waals surface area contributed by atoms with Crippen molar-refractivity contribution in [2.24, 2.45) is 5.92 Å². The van der Waals surface area contributed by atoms with Gasteiger partial charge in [0.1, 0.15) is 0 Å². The van der Waals surface area contributed by atoms with Crippen molar-refractivity contribution >= 4 is 18.4 Å². The van der Waals surface area contributed by atoms with Crippen LogP contribution in [0.5, 0.6) is 0 Å². The summed E-state index contributed by atoms with van der Waals surface area (Å²) < 4.78 is 0.701. The van der Waals surface area contributed by atoms with Crippen molar-refractivity contribution in [2.75, 3.05) is 0 Å². The monoisotopic (exact) mass is 260 g/mol. The SMILES string of the molecule is CC(C)C#C[CH](C)[Sn]([CH3])([CH3])[CH3]. The Hall–Kier alpha value is 0.359. The van der Waals surface area contributed by atoms with Gasteiger partial charge in [0, 0.05) is 0 Å². The third-order valence-electron chi connectivity index (χ3n) is 1.89. The molecule has 0 heterocycles. The van der Waals surface area contributed by atoms with E-state index in [-0.39, 0.29) is 0 Å². The zero-order valence-electron chi connectivity index (χ0n) is 8.65. The van der Waals surface area contributed by atoms with Gasteiger partial charge < -0.3 is 0 Å². The van der Waals surface area contributed by atoms with Crippen LogP contribution in [0.15, 0.2) is 0 Å². The minimum atomic E-state index is -1.68. The molecule has 0 aromatic carbocycles. The summed E-state index contributed by atoms with van der Waals surface area (Å²) in [6.07, 6.45) is 0. The molecule has 0 spiro atoms. The van der Waals surface area contributed by atoms with E-state index in [1.165, 1.54) is 0 Å². The van der Waals surface area contributed by atoms with E-state index in [4.69, 9.17) is 0 Å². The Bertz CT molecular complexity index is 164. The molecule has 0 aromatic heterocycles. The van der Waals surface area contributed by atoms with Crippen LogP contribution in [0.4, 0.5) is 0 Å². The van der Waals surface area contributed by atoms with Crippen LogP contribution in [-0.2, 0) is 0 Å². The molecular weight excluding hydrogens is 239 g/mol. The van der Waals surface area contributed by atoms with E-state index < -0.39 is 18.4 Å². The van der Waals surface area contributed by atoms with E-state index in [0.717, 1.165) is 0 Å². The number of rotatable bonds is 1. The molecule has 0 bridgehead atoms. The first-order valence-corrected chi connectivity index (χ1v) is 14.6. The van der Waals surface area contributed by atoms with Gasteiger partial charge in [0.2, 0.25) is 0 Å². The van der Waals surface area contributed by atoms with E-state index in [0.29, 0.717) is 9.85 Å². The molecule has 0 radical (unpaired) electrons. The van der Waals surface area contributed by atoms with E-state index in [1.54, 1.807) is 0 Å². The zero-order valence-corrected chi connectivity index (χ0v) is 11.5. The van der Waals surface area contributed by atoms with Gasteiger partial charge in [-0.2, -0.15) is 0 Å². The minimum absolute atomic E-state index is 0.533. The number of hydrogen-bond acceptors (Lipinski definition) is 0. The zero-order chi connectivity index (χ0) is 9.07. The first-order valence-electron chi connectivity index (χ1n) is 4.35. The quantitative estimate of drug-likeness (QED) is 0.500. The molecule has 0 N–H and O–H groups in total. The summed E-state index contributed by atoms with van der Waals surface area (Å²) in [6.45, 7) is 6.58. The van der Waals surface area contributed by atoms with Gasteiger partial charge in [0.25, 0.3) is 0 Å². The van der Waals surface area contributed by atoms with Gasteiger partial charge in [-0.1, -0.05) is 0 Å². The van der Waals surface area contributed by atoms with E-state index in [1.807, 2.05) is 0 Å². The summed E-state index contributed by atoms with van der Waals surface area (Å²) in [5.41, 5.74) is 0. The second-order valence-corrected chi connectivity index (χ2v) is 20.5. The molecule has 0 nitrogen and oxygen atoms in total. The first kappa shape index (κ1) is 11.4. The molecule has 0 fully saturated rings. The fraction of sp³-hybridized carbons (Fsp3) is 0.800. The van der Waals surface area contributed by atoms with Crippen LogP contribution in [0.25, 0.3) is 0 Å². The summed E-state index contributed by atoms with van der Waals surface area (Å²) in [7, 11) is 0. The Morgan fingerprint density at radius 1 is 0.909 bits per heavy atom. The molecule has 0 aromatic rings. The molecule has 0 aliphatic carbocycles. The van der Waals surface area contributed by atoms with Gasteiger partial charge in [-0.05, 0) is 0 Å². The Balaban J connectivity index is 4.10. The molecule has 0 aliphatic rings.